The first-order valence-corrected chi connectivity index (χ1v) is 5.81. The van der Waals surface area contributed by atoms with Crippen molar-refractivity contribution in [2.45, 2.75) is 0 Å². The lowest BCUT2D eigenvalue weighted by Crippen LogP contribution is -2.52. The Morgan fingerprint density at radius 3 is 2.56 bits per heavy atom. The molecule has 1 saturated heterocycles. The van der Waals surface area contributed by atoms with Crippen LogP contribution in [-0.2, 0) is 0 Å². The molecule has 0 aromatic heterocycles. The zero-order valence-corrected chi connectivity index (χ0v) is 9.60. The number of nitrogens with zero attached hydrogens (tertiary/aromatic N) is 2. The van der Waals surface area contributed by atoms with Crippen LogP contribution in [0.3, 0.4) is 0 Å². The normalized spacial score (nSPS) is 17.0. The molecule has 1 aliphatic rings. The molecule has 1 aliphatic heterocycles. The summed E-state index contributed by atoms with van der Waals surface area (Å²) < 4.78 is 0. The van der Waals surface area contributed by atoms with Crippen LogP contribution in [0.25, 0.3) is 0 Å². The van der Waals surface area contributed by atoms with Gasteiger partial charge in [-0.1, -0.05) is 24.3 Å². The van der Waals surface area contributed by atoms with Crippen molar-refractivity contribution in [1.29, 1.82) is 0 Å². The summed E-state index contributed by atoms with van der Waals surface area (Å²) in [6.07, 6.45) is 1.95. The molecule has 0 atom stereocenters. The van der Waals surface area contributed by atoms with E-state index in [1.165, 1.54) is 5.69 Å². The molecule has 2 rings (SSSR count). The maximum atomic E-state index is 3.84. The fraction of sp³-hybridized carbons (Fsp3) is 0.385. The van der Waals surface area contributed by atoms with Crippen molar-refractivity contribution < 1.29 is 0 Å². The summed E-state index contributed by atoms with van der Waals surface area (Å²) in [6.45, 7) is 8.93. The minimum atomic E-state index is 0.865. The van der Waals surface area contributed by atoms with Crippen LogP contribution in [0.2, 0.25) is 0 Å². The Bertz CT molecular complexity index is 317. The van der Waals surface area contributed by atoms with Gasteiger partial charge in [0, 0.05) is 26.2 Å². The predicted octanol–water partition coefficient (Wildman–Crippen LogP) is 1.50. The van der Waals surface area contributed by atoms with Crippen molar-refractivity contribution in [2.75, 3.05) is 37.7 Å². The first kappa shape index (κ1) is 11.2. The number of anilines is 1. The van der Waals surface area contributed by atoms with Gasteiger partial charge in [-0.15, -0.1) is 6.58 Å². The second kappa shape index (κ2) is 5.68. The van der Waals surface area contributed by atoms with E-state index in [2.05, 4.69) is 46.2 Å². The quantitative estimate of drug-likeness (QED) is 0.771. The van der Waals surface area contributed by atoms with E-state index in [0.717, 1.165) is 32.7 Å². The average Bonchev–Trinajstić information content (AvgIpc) is 2.38. The lowest BCUT2D eigenvalue weighted by Gasteiger charge is -2.38. The summed E-state index contributed by atoms with van der Waals surface area (Å²) in [5.74, 6) is 0. The van der Waals surface area contributed by atoms with Crippen LogP contribution < -0.4 is 10.3 Å². The average molecular weight is 217 g/mol. The molecule has 1 aromatic rings. The SMILES string of the molecule is C=CCN(c1ccccc1)N1CCNCC1. The van der Waals surface area contributed by atoms with Crippen molar-refractivity contribution in [2.24, 2.45) is 0 Å². The third-order valence-corrected chi connectivity index (χ3v) is 2.79. The van der Waals surface area contributed by atoms with E-state index in [-0.39, 0.29) is 0 Å². The largest absolute Gasteiger partial charge is 0.314 e. The molecule has 86 valence electrons. The molecule has 0 amide bonds. The van der Waals surface area contributed by atoms with Gasteiger partial charge in [0.2, 0.25) is 0 Å². The Balaban J connectivity index is 2.12. The van der Waals surface area contributed by atoms with E-state index in [0.29, 0.717) is 0 Å². The molecular weight excluding hydrogens is 198 g/mol. The van der Waals surface area contributed by atoms with E-state index < -0.39 is 0 Å². The van der Waals surface area contributed by atoms with Crippen molar-refractivity contribution in [1.82, 2.24) is 10.3 Å². The van der Waals surface area contributed by atoms with E-state index in [1.807, 2.05) is 12.1 Å². The smallest absolute Gasteiger partial charge is 0.0525 e. The third-order valence-electron chi connectivity index (χ3n) is 2.79. The fourth-order valence-corrected chi connectivity index (χ4v) is 2.00. The minimum absolute atomic E-state index is 0.865. The molecule has 0 bridgehead atoms. The monoisotopic (exact) mass is 217 g/mol. The van der Waals surface area contributed by atoms with Gasteiger partial charge < -0.3 is 10.3 Å². The minimum Gasteiger partial charge on any atom is -0.314 e. The number of benzene rings is 1. The van der Waals surface area contributed by atoms with Crippen molar-refractivity contribution in [3.05, 3.63) is 43.0 Å². The van der Waals surface area contributed by atoms with Crippen LogP contribution in [0, 0.1) is 0 Å². The fourth-order valence-electron chi connectivity index (χ4n) is 2.00. The Labute approximate surface area is 97.3 Å². The van der Waals surface area contributed by atoms with Gasteiger partial charge in [-0.2, -0.15) is 0 Å². The highest BCUT2D eigenvalue weighted by atomic mass is 15.6. The molecule has 1 fully saturated rings. The van der Waals surface area contributed by atoms with E-state index in [4.69, 9.17) is 0 Å². The van der Waals surface area contributed by atoms with Crippen LogP contribution in [0.5, 0.6) is 0 Å². The summed E-state index contributed by atoms with van der Waals surface area (Å²) in [4.78, 5) is 0. The summed E-state index contributed by atoms with van der Waals surface area (Å²) >= 11 is 0. The summed E-state index contributed by atoms with van der Waals surface area (Å²) in [5, 5.41) is 8.05. The number of hydrogen-bond acceptors (Lipinski definition) is 3. The highest BCUT2D eigenvalue weighted by Crippen LogP contribution is 2.16. The molecule has 0 saturated carbocycles. The second-order valence-corrected chi connectivity index (χ2v) is 3.91. The number of hydrogen-bond donors (Lipinski definition) is 1. The molecule has 1 N–H and O–H groups in total. The highest BCUT2D eigenvalue weighted by Gasteiger charge is 2.16. The van der Waals surface area contributed by atoms with Gasteiger partial charge in [-0.25, -0.2) is 5.01 Å². The summed E-state index contributed by atoms with van der Waals surface area (Å²) in [7, 11) is 0. The number of hydrazine groups is 1. The zero-order chi connectivity index (χ0) is 11.2. The molecule has 3 nitrogen and oxygen atoms in total. The van der Waals surface area contributed by atoms with E-state index >= 15 is 0 Å². The Morgan fingerprint density at radius 2 is 1.94 bits per heavy atom. The first-order chi connectivity index (χ1) is 7.92. The molecule has 3 heteroatoms. The number of nitrogens with one attached hydrogen (secondary N) is 1. The Morgan fingerprint density at radius 1 is 1.25 bits per heavy atom. The van der Waals surface area contributed by atoms with Crippen LogP contribution in [-0.4, -0.2) is 37.7 Å². The van der Waals surface area contributed by atoms with Crippen molar-refractivity contribution in [3.8, 4) is 0 Å². The number of para-hydroxylation sites is 1. The Hall–Kier alpha value is -1.32. The summed E-state index contributed by atoms with van der Waals surface area (Å²) in [5.41, 5.74) is 1.24. The van der Waals surface area contributed by atoms with Crippen LogP contribution in [0.1, 0.15) is 0 Å². The molecular formula is C13H19N3. The maximum absolute atomic E-state index is 3.84. The van der Waals surface area contributed by atoms with Gasteiger partial charge in [-0.3, -0.25) is 0 Å². The maximum Gasteiger partial charge on any atom is 0.0525 e. The van der Waals surface area contributed by atoms with Crippen LogP contribution in [0.15, 0.2) is 43.0 Å². The van der Waals surface area contributed by atoms with E-state index in [9.17, 15) is 0 Å². The Kier molecular flexibility index (Phi) is 3.97. The topological polar surface area (TPSA) is 18.5 Å². The molecule has 1 aromatic carbocycles. The van der Waals surface area contributed by atoms with Gasteiger partial charge in [0.1, 0.15) is 0 Å². The van der Waals surface area contributed by atoms with Gasteiger partial charge in [0.25, 0.3) is 0 Å². The standard InChI is InChI=1S/C13H19N3/c1-2-10-16(13-6-4-3-5-7-13)15-11-8-14-9-12-15/h2-7,14H,1,8-12H2. The van der Waals surface area contributed by atoms with Gasteiger partial charge in [0.05, 0.1) is 12.2 Å². The van der Waals surface area contributed by atoms with Crippen LogP contribution >= 0.6 is 0 Å². The zero-order valence-electron chi connectivity index (χ0n) is 9.60. The van der Waals surface area contributed by atoms with E-state index in [1.54, 1.807) is 0 Å². The lowest BCUT2D eigenvalue weighted by molar-refractivity contribution is 0.225. The van der Waals surface area contributed by atoms with Crippen molar-refractivity contribution in [3.63, 3.8) is 0 Å². The van der Waals surface area contributed by atoms with Gasteiger partial charge >= 0.3 is 0 Å². The molecule has 1 heterocycles. The van der Waals surface area contributed by atoms with Crippen molar-refractivity contribution >= 4 is 5.69 Å². The molecule has 0 radical (unpaired) electrons. The molecule has 16 heavy (non-hydrogen) atoms. The number of rotatable bonds is 4. The second-order valence-electron chi connectivity index (χ2n) is 3.91. The molecule has 0 spiro atoms. The van der Waals surface area contributed by atoms with Crippen LogP contribution in [0.4, 0.5) is 5.69 Å². The predicted molar refractivity (Wildman–Crippen MR) is 68.4 cm³/mol. The van der Waals surface area contributed by atoms with Gasteiger partial charge in [0.15, 0.2) is 0 Å². The first-order valence-electron chi connectivity index (χ1n) is 5.81. The third kappa shape index (κ3) is 2.62. The molecule has 0 unspecified atom stereocenters. The molecule has 0 aliphatic carbocycles. The summed E-state index contributed by atoms with van der Waals surface area (Å²) in [6, 6.07) is 10.5. The highest BCUT2D eigenvalue weighted by molar-refractivity contribution is 5.45. The van der Waals surface area contributed by atoms with Gasteiger partial charge in [-0.05, 0) is 12.1 Å². The number of piperazine rings is 1. The lowest BCUT2D eigenvalue weighted by atomic mass is 10.3.